The van der Waals surface area contributed by atoms with E-state index >= 15 is 0 Å². The number of nitrogens with zero attached hydrogens (tertiary/aromatic N) is 2. The molecule has 0 aromatic carbocycles. The number of anilines is 1. The van der Waals surface area contributed by atoms with E-state index in [-0.39, 0.29) is 0 Å². The number of nitrogens with two attached hydrogens (primary N) is 1. The molecule has 0 unspecified atom stereocenters. The van der Waals surface area contributed by atoms with Crippen molar-refractivity contribution >= 4 is 5.82 Å². The molecular weight excluding hydrogens is 200 g/mol. The monoisotopic (exact) mass is 216 g/mol. The standard InChI is InChI=1S/C12H16N4/c1-3-4-10-11(15-16-12(10)13)9-5-6-14-8(2)7-9/h5-7H,3-4H2,1-2H3,(H3,13,15,16). The van der Waals surface area contributed by atoms with Crippen molar-refractivity contribution in [3.8, 4) is 11.3 Å². The first-order valence-corrected chi connectivity index (χ1v) is 5.48. The molecule has 0 atom stereocenters. The molecule has 2 aromatic heterocycles. The number of hydrogen-bond acceptors (Lipinski definition) is 3. The van der Waals surface area contributed by atoms with Gasteiger partial charge in [-0.25, -0.2) is 0 Å². The van der Waals surface area contributed by atoms with Crippen LogP contribution in [-0.4, -0.2) is 15.2 Å². The Kier molecular flexibility index (Phi) is 2.90. The van der Waals surface area contributed by atoms with E-state index in [2.05, 4.69) is 22.1 Å². The van der Waals surface area contributed by atoms with Crippen molar-refractivity contribution in [3.63, 3.8) is 0 Å². The highest BCUT2D eigenvalue weighted by molar-refractivity contribution is 5.67. The zero-order chi connectivity index (χ0) is 11.5. The number of aromatic amines is 1. The number of rotatable bonds is 3. The van der Waals surface area contributed by atoms with Gasteiger partial charge in [-0.15, -0.1) is 0 Å². The molecule has 4 nitrogen and oxygen atoms in total. The van der Waals surface area contributed by atoms with Gasteiger partial charge in [0.05, 0.1) is 5.69 Å². The van der Waals surface area contributed by atoms with E-state index in [1.54, 1.807) is 6.20 Å². The van der Waals surface area contributed by atoms with Crippen LogP contribution < -0.4 is 5.73 Å². The van der Waals surface area contributed by atoms with Crippen LogP contribution in [0.15, 0.2) is 18.3 Å². The summed E-state index contributed by atoms with van der Waals surface area (Å²) in [4.78, 5) is 4.18. The molecule has 2 aromatic rings. The molecule has 2 heterocycles. The Morgan fingerprint density at radius 2 is 2.25 bits per heavy atom. The van der Waals surface area contributed by atoms with E-state index in [4.69, 9.17) is 5.73 Å². The molecule has 0 aliphatic rings. The highest BCUT2D eigenvalue weighted by Crippen LogP contribution is 2.26. The number of nitrogens with one attached hydrogen (secondary N) is 1. The van der Waals surface area contributed by atoms with Gasteiger partial charge in [0.25, 0.3) is 0 Å². The smallest absolute Gasteiger partial charge is 0.149 e. The Bertz CT molecular complexity index is 488. The van der Waals surface area contributed by atoms with Crippen LogP contribution in [0, 0.1) is 6.92 Å². The summed E-state index contributed by atoms with van der Waals surface area (Å²) in [5.74, 6) is 0.603. The molecule has 84 valence electrons. The predicted molar refractivity (Wildman–Crippen MR) is 65.0 cm³/mol. The van der Waals surface area contributed by atoms with Crippen LogP contribution >= 0.6 is 0 Å². The summed E-state index contributed by atoms with van der Waals surface area (Å²) in [7, 11) is 0. The van der Waals surface area contributed by atoms with Crippen molar-refractivity contribution in [3.05, 3.63) is 29.6 Å². The minimum absolute atomic E-state index is 0.603. The van der Waals surface area contributed by atoms with Gasteiger partial charge in [-0.05, 0) is 25.5 Å². The molecule has 0 bridgehead atoms. The van der Waals surface area contributed by atoms with E-state index in [9.17, 15) is 0 Å². The van der Waals surface area contributed by atoms with Gasteiger partial charge in [0.2, 0.25) is 0 Å². The molecule has 0 saturated carbocycles. The van der Waals surface area contributed by atoms with Gasteiger partial charge in [0, 0.05) is 23.0 Å². The van der Waals surface area contributed by atoms with E-state index in [1.807, 2.05) is 19.1 Å². The molecular formula is C12H16N4. The highest BCUT2D eigenvalue weighted by atomic mass is 15.2. The number of aryl methyl sites for hydroxylation is 1. The topological polar surface area (TPSA) is 67.6 Å². The molecule has 0 spiro atoms. The van der Waals surface area contributed by atoms with Crippen LogP contribution in [-0.2, 0) is 6.42 Å². The van der Waals surface area contributed by atoms with E-state index in [1.165, 1.54) is 0 Å². The lowest BCUT2D eigenvalue weighted by Gasteiger charge is -2.03. The molecule has 3 N–H and O–H groups in total. The zero-order valence-corrected chi connectivity index (χ0v) is 9.62. The van der Waals surface area contributed by atoms with Gasteiger partial charge in [-0.3, -0.25) is 10.1 Å². The largest absolute Gasteiger partial charge is 0.382 e. The average Bonchev–Trinajstić information content (AvgIpc) is 2.61. The molecule has 0 saturated heterocycles. The number of H-pyrrole nitrogens is 1. The fraction of sp³-hybridized carbons (Fsp3) is 0.333. The lowest BCUT2D eigenvalue weighted by Crippen LogP contribution is -1.93. The highest BCUT2D eigenvalue weighted by Gasteiger charge is 2.11. The molecule has 0 aliphatic heterocycles. The normalized spacial score (nSPS) is 10.6. The second kappa shape index (κ2) is 4.35. The second-order valence-corrected chi connectivity index (χ2v) is 3.90. The first-order valence-electron chi connectivity index (χ1n) is 5.48. The van der Waals surface area contributed by atoms with E-state index < -0.39 is 0 Å². The van der Waals surface area contributed by atoms with Crippen molar-refractivity contribution in [2.24, 2.45) is 0 Å². The van der Waals surface area contributed by atoms with Crippen molar-refractivity contribution in [2.75, 3.05) is 5.73 Å². The quantitative estimate of drug-likeness (QED) is 0.827. The Labute approximate surface area is 94.9 Å². The van der Waals surface area contributed by atoms with Crippen LogP contribution in [0.25, 0.3) is 11.3 Å². The maximum atomic E-state index is 5.84. The Balaban J connectivity index is 2.47. The summed E-state index contributed by atoms with van der Waals surface area (Å²) in [5.41, 5.74) is 10.1. The zero-order valence-electron chi connectivity index (χ0n) is 9.62. The van der Waals surface area contributed by atoms with Crippen molar-refractivity contribution in [2.45, 2.75) is 26.7 Å². The van der Waals surface area contributed by atoms with E-state index in [0.29, 0.717) is 5.82 Å². The summed E-state index contributed by atoms with van der Waals surface area (Å²) in [6.45, 7) is 4.11. The molecule has 2 rings (SSSR count). The van der Waals surface area contributed by atoms with Crippen LogP contribution in [0.5, 0.6) is 0 Å². The fourth-order valence-electron chi connectivity index (χ4n) is 1.82. The Morgan fingerprint density at radius 3 is 2.94 bits per heavy atom. The first kappa shape index (κ1) is 10.7. The summed E-state index contributed by atoms with van der Waals surface area (Å²) >= 11 is 0. The third-order valence-electron chi connectivity index (χ3n) is 2.58. The van der Waals surface area contributed by atoms with Crippen LogP contribution in [0.1, 0.15) is 24.6 Å². The number of pyridine rings is 1. The molecule has 0 amide bonds. The lowest BCUT2D eigenvalue weighted by atomic mass is 10.0. The number of aromatic nitrogens is 3. The third-order valence-corrected chi connectivity index (χ3v) is 2.58. The van der Waals surface area contributed by atoms with Gasteiger partial charge in [0.15, 0.2) is 0 Å². The van der Waals surface area contributed by atoms with Gasteiger partial charge in [0.1, 0.15) is 5.82 Å². The minimum atomic E-state index is 0.603. The van der Waals surface area contributed by atoms with Gasteiger partial charge < -0.3 is 5.73 Å². The number of nitrogen functional groups attached to an aromatic ring is 1. The molecule has 4 heteroatoms. The first-order chi connectivity index (χ1) is 7.72. The van der Waals surface area contributed by atoms with Crippen molar-refractivity contribution < 1.29 is 0 Å². The van der Waals surface area contributed by atoms with Crippen molar-refractivity contribution in [1.82, 2.24) is 15.2 Å². The minimum Gasteiger partial charge on any atom is -0.382 e. The van der Waals surface area contributed by atoms with Gasteiger partial charge in [-0.1, -0.05) is 13.3 Å². The molecule has 16 heavy (non-hydrogen) atoms. The summed E-state index contributed by atoms with van der Waals surface area (Å²) in [6.07, 6.45) is 3.80. The average molecular weight is 216 g/mol. The summed E-state index contributed by atoms with van der Waals surface area (Å²) < 4.78 is 0. The fourth-order valence-corrected chi connectivity index (χ4v) is 1.82. The molecule has 0 fully saturated rings. The Morgan fingerprint density at radius 1 is 1.44 bits per heavy atom. The maximum absolute atomic E-state index is 5.84. The maximum Gasteiger partial charge on any atom is 0.149 e. The van der Waals surface area contributed by atoms with Crippen LogP contribution in [0.3, 0.4) is 0 Å². The molecule has 0 radical (unpaired) electrons. The van der Waals surface area contributed by atoms with Crippen LogP contribution in [0.4, 0.5) is 5.82 Å². The Hall–Kier alpha value is -1.84. The van der Waals surface area contributed by atoms with Crippen molar-refractivity contribution in [1.29, 1.82) is 0 Å². The third kappa shape index (κ3) is 1.91. The van der Waals surface area contributed by atoms with E-state index in [0.717, 1.165) is 35.4 Å². The van der Waals surface area contributed by atoms with Gasteiger partial charge in [-0.2, -0.15) is 5.10 Å². The lowest BCUT2D eigenvalue weighted by molar-refractivity contribution is 0.926. The second-order valence-electron chi connectivity index (χ2n) is 3.90. The van der Waals surface area contributed by atoms with Crippen LogP contribution in [0.2, 0.25) is 0 Å². The van der Waals surface area contributed by atoms with Gasteiger partial charge >= 0.3 is 0 Å². The SMILES string of the molecule is CCCc1c(N)n[nH]c1-c1ccnc(C)c1. The predicted octanol–water partition coefficient (Wildman–Crippen LogP) is 2.31. The summed E-state index contributed by atoms with van der Waals surface area (Å²) in [6, 6.07) is 4.01. The summed E-state index contributed by atoms with van der Waals surface area (Å²) in [5, 5.41) is 7.07. The number of hydrogen-bond donors (Lipinski definition) is 2. The molecule has 0 aliphatic carbocycles.